The van der Waals surface area contributed by atoms with Gasteiger partial charge in [-0.05, 0) is 37.0 Å². The zero-order chi connectivity index (χ0) is 13.0. The largest absolute Gasteiger partial charge is 0.396 e. The second-order valence-corrected chi connectivity index (χ2v) is 4.92. The van der Waals surface area contributed by atoms with Crippen LogP contribution in [0.25, 0.3) is 0 Å². The van der Waals surface area contributed by atoms with Gasteiger partial charge in [0.15, 0.2) is 0 Å². The van der Waals surface area contributed by atoms with Gasteiger partial charge in [-0.15, -0.1) is 0 Å². The molecule has 1 unspecified atom stereocenters. The molecule has 0 radical (unpaired) electrons. The van der Waals surface area contributed by atoms with Crippen molar-refractivity contribution in [3.8, 4) is 0 Å². The number of aryl methyl sites for hydroxylation is 2. The minimum atomic E-state index is 0.187. The quantitative estimate of drug-likeness (QED) is 0.865. The summed E-state index contributed by atoms with van der Waals surface area (Å²) in [4.78, 5) is 0. The molecule has 0 aliphatic rings. The zero-order valence-electron chi connectivity index (χ0n) is 11.1. The Balaban J connectivity index is 2.23. The molecule has 1 atom stereocenters. The molecular weight excluding hydrogens is 220 g/mol. The van der Waals surface area contributed by atoms with Crippen LogP contribution in [0.15, 0.2) is 48.5 Å². The molecule has 0 saturated heterocycles. The number of hydrogen-bond acceptors (Lipinski definition) is 1. The average molecular weight is 240 g/mol. The van der Waals surface area contributed by atoms with E-state index in [0.717, 1.165) is 6.42 Å². The summed E-state index contributed by atoms with van der Waals surface area (Å²) in [6.45, 7) is 4.44. The molecule has 0 aliphatic heterocycles. The number of aliphatic hydroxyl groups excluding tert-OH is 1. The van der Waals surface area contributed by atoms with Gasteiger partial charge >= 0.3 is 0 Å². The molecule has 2 rings (SSSR count). The summed E-state index contributed by atoms with van der Waals surface area (Å²) in [5.74, 6) is 0.187. The maximum Gasteiger partial charge on any atom is 0.0502 e. The molecule has 18 heavy (non-hydrogen) atoms. The first kappa shape index (κ1) is 12.8. The lowest BCUT2D eigenvalue weighted by atomic mass is 9.90. The highest BCUT2D eigenvalue weighted by Gasteiger charge is 2.12. The third-order valence-corrected chi connectivity index (χ3v) is 3.46. The smallest absolute Gasteiger partial charge is 0.0502 e. The van der Waals surface area contributed by atoms with Gasteiger partial charge in [0.05, 0.1) is 6.61 Å². The molecule has 0 amide bonds. The molecule has 0 bridgehead atoms. The Morgan fingerprint density at radius 1 is 1.00 bits per heavy atom. The fourth-order valence-electron chi connectivity index (χ4n) is 2.30. The van der Waals surface area contributed by atoms with Gasteiger partial charge in [-0.3, -0.25) is 0 Å². The van der Waals surface area contributed by atoms with Crippen LogP contribution in [0.1, 0.15) is 28.2 Å². The second kappa shape index (κ2) is 5.83. The molecule has 2 aromatic rings. The average Bonchev–Trinajstić information content (AvgIpc) is 2.41. The van der Waals surface area contributed by atoms with Gasteiger partial charge in [-0.1, -0.05) is 54.1 Å². The van der Waals surface area contributed by atoms with E-state index < -0.39 is 0 Å². The summed E-state index contributed by atoms with van der Waals surface area (Å²) in [5.41, 5.74) is 5.12. The van der Waals surface area contributed by atoms with Crippen LogP contribution in [0.5, 0.6) is 0 Å². The van der Waals surface area contributed by atoms with E-state index >= 15 is 0 Å². The van der Waals surface area contributed by atoms with Crippen molar-refractivity contribution in [2.45, 2.75) is 26.2 Å². The highest BCUT2D eigenvalue weighted by atomic mass is 16.3. The highest BCUT2D eigenvalue weighted by molar-refractivity contribution is 5.33. The van der Waals surface area contributed by atoms with E-state index in [-0.39, 0.29) is 12.5 Å². The normalized spacial score (nSPS) is 12.4. The monoisotopic (exact) mass is 240 g/mol. The van der Waals surface area contributed by atoms with Crippen LogP contribution in [-0.4, -0.2) is 11.7 Å². The molecule has 0 aliphatic carbocycles. The van der Waals surface area contributed by atoms with Gasteiger partial charge in [-0.25, -0.2) is 0 Å². The molecule has 1 N–H and O–H groups in total. The summed E-state index contributed by atoms with van der Waals surface area (Å²) in [7, 11) is 0. The molecule has 0 heterocycles. The number of benzene rings is 2. The lowest BCUT2D eigenvalue weighted by molar-refractivity contribution is 0.264. The number of aliphatic hydroxyl groups is 1. The number of rotatable bonds is 4. The van der Waals surface area contributed by atoms with Gasteiger partial charge < -0.3 is 5.11 Å². The van der Waals surface area contributed by atoms with Crippen LogP contribution >= 0.6 is 0 Å². The summed E-state index contributed by atoms with van der Waals surface area (Å²) < 4.78 is 0. The topological polar surface area (TPSA) is 20.2 Å². The van der Waals surface area contributed by atoms with E-state index in [1.807, 2.05) is 18.2 Å². The Labute approximate surface area is 109 Å². The van der Waals surface area contributed by atoms with Gasteiger partial charge in [0, 0.05) is 5.92 Å². The zero-order valence-corrected chi connectivity index (χ0v) is 11.1. The van der Waals surface area contributed by atoms with Crippen LogP contribution in [0, 0.1) is 13.8 Å². The second-order valence-electron chi connectivity index (χ2n) is 4.92. The van der Waals surface area contributed by atoms with Gasteiger partial charge in [0.25, 0.3) is 0 Å². The lowest BCUT2D eigenvalue weighted by Crippen LogP contribution is -2.08. The fourth-order valence-corrected chi connectivity index (χ4v) is 2.30. The molecule has 0 spiro atoms. The van der Waals surface area contributed by atoms with Crippen molar-refractivity contribution in [1.29, 1.82) is 0 Å². The van der Waals surface area contributed by atoms with Crippen molar-refractivity contribution >= 4 is 0 Å². The third-order valence-electron chi connectivity index (χ3n) is 3.46. The van der Waals surface area contributed by atoms with Crippen molar-refractivity contribution in [3.63, 3.8) is 0 Å². The molecule has 0 saturated carbocycles. The summed E-state index contributed by atoms with van der Waals surface area (Å²) >= 11 is 0. The van der Waals surface area contributed by atoms with Crippen molar-refractivity contribution in [2.75, 3.05) is 6.61 Å². The maximum absolute atomic E-state index is 9.60. The van der Waals surface area contributed by atoms with E-state index in [4.69, 9.17) is 0 Å². The van der Waals surface area contributed by atoms with Crippen LogP contribution < -0.4 is 0 Å². The Kier molecular flexibility index (Phi) is 4.16. The van der Waals surface area contributed by atoms with Crippen LogP contribution in [-0.2, 0) is 6.42 Å². The minimum absolute atomic E-state index is 0.187. The molecular formula is C17H20O. The van der Waals surface area contributed by atoms with E-state index in [1.54, 1.807) is 0 Å². The van der Waals surface area contributed by atoms with Crippen molar-refractivity contribution in [1.82, 2.24) is 0 Å². The van der Waals surface area contributed by atoms with Crippen molar-refractivity contribution in [2.24, 2.45) is 0 Å². The van der Waals surface area contributed by atoms with E-state index in [2.05, 4.69) is 44.2 Å². The maximum atomic E-state index is 9.60. The predicted molar refractivity (Wildman–Crippen MR) is 75.9 cm³/mol. The first-order valence-corrected chi connectivity index (χ1v) is 6.42. The molecule has 0 fully saturated rings. The summed E-state index contributed by atoms with van der Waals surface area (Å²) in [6, 6.07) is 16.8. The van der Waals surface area contributed by atoms with Crippen LogP contribution in [0.2, 0.25) is 0 Å². The van der Waals surface area contributed by atoms with E-state index in [0.29, 0.717) is 0 Å². The molecule has 1 nitrogen and oxygen atoms in total. The molecule has 0 aromatic heterocycles. The fraction of sp³-hybridized carbons (Fsp3) is 0.294. The first-order chi connectivity index (χ1) is 8.70. The minimum Gasteiger partial charge on any atom is -0.396 e. The van der Waals surface area contributed by atoms with Gasteiger partial charge in [0.2, 0.25) is 0 Å². The standard InChI is InChI=1S/C17H20O/c1-13-8-9-14(2)16(10-13)11-17(12-18)15-6-4-3-5-7-15/h3-10,17-18H,11-12H2,1-2H3. The Morgan fingerprint density at radius 3 is 2.39 bits per heavy atom. The summed E-state index contributed by atoms with van der Waals surface area (Å²) in [5, 5.41) is 9.60. The van der Waals surface area contributed by atoms with Crippen molar-refractivity contribution < 1.29 is 5.11 Å². The highest BCUT2D eigenvalue weighted by Crippen LogP contribution is 2.22. The van der Waals surface area contributed by atoms with Crippen molar-refractivity contribution in [3.05, 3.63) is 70.8 Å². The van der Waals surface area contributed by atoms with Gasteiger partial charge in [-0.2, -0.15) is 0 Å². The Bertz CT molecular complexity index is 502. The van der Waals surface area contributed by atoms with E-state index in [1.165, 1.54) is 22.3 Å². The SMILES string of the molecule is Cc1ccc(C)c(CC(CO)c2ccccc2)c1. The summed E-state index contributed by atoms with van der Waals surface area (Å²) in [6.07, 6.45) is 0.897. The van der Waals surface area contributed by atoms with Crippen LogP contribution in [0.3, 0.4) is 0 Å². The van der Waals surface area contributed by atoms with E-state index in [9.17, 15) is 5.11 Å². The predicted octanol–water partition coefficient (Wildman–Crippen LogP) is 3.62. The number of hydrogen-bond donors (Lipinski definition) is 1. The molecule has 1 heteroatoms. The lowest BCUT2D eigenvalue weighted by Gasteiger charge is -2.16. The third kappa shape index (κ3) is 2.99. The first-order valence-electron chi connectivity index (χ1n) is 6.42. The Morgan fingerprint density at radius 2 is 1.72 bits per heavy atom. The molecule has 94 valence electrons. The Hall–Kier alpha value is -1.60. The molecule has 2 aromatic carbocycles. The van der Waals surface area contributed by atoms with Gasteiger partial charge in [0.1, 0.15) is 0 Å². The van der Waals surface area contributed by atoms with Crippen LogP contribution in [0.4, 0.5) is 0 Å².